The lowest BCUT2D eigenvalue weighted by atomic mass is 9.87. The summed E-state index contributed by atoms with van der Waals surface area (Å²) in [5, 5.41) is 4.19. The number of nitrogens with one attached hydrogen (secondary N) is 1. The molecule has 158 valence electrons. The molecular formula is C24H27ClN2O2S. The number of carbonyl (C=O) groups excluding carboxylic acids is 1. The van der Waals surface area contributed by atoms with Gasteiger partial charge in [-0.15, -0.1) is 11.3 Å². The summed E-state index contributed by atoms with van der Waals surface area (Å²) in [4.78, 5) is 17.9. The maximum Gasteiger partial charge on any atom is 0.226 e. The molecule has 30 heavy (non-hydrogen) atoms. The first kappa shape index (κ1) is 22.3. The van der Waals surface area contributed by atoms with Crippen LogP contribution in [0.25, 0.3) is 11.3 Å². The van der Waals surface area contributed by atoms with Crippen molar-refractivity contribution in [2.24, 2.45) is 0 Å². The van der Waals surface area contributed by atoms with Crippen molar-refractivity contribution >= 4 is 34.0 Å². The van der Waals surface area contributed by atoms with Crippen LogP contribution < -0.4 is 10.1 Å². The number of benzene rings is 2. The van der Waals surface area contributed by atoms with E-state index in [9.17, 15) is 4.79 Å². The topological polar surface area (TPSA) is 51.2 Å². The summed E-state index contributed by atoms with van der Waals surface area (Å²) in [6.45, 7) is 9.04. The molecule has 0 aliphatic heterocycles. The molecule has 1 amide bonds. The highest BCUT2D eigenvalue weighted by atomic mass is 35.5. The minimum Gasteiger partial charge on any atom is -0.494 e. The number of anilines is 1. The lowest BCUT2D eigenvalue weighted by Crippen LogP contribution is -2.13. The molecule has 3 rings (SSSR count). The third kappa shape index (κ3) is 6.07. The number of nitrogens with zero attached hydrogens (tertiary/aromatic N) is 1. The summed E-state index contributed by atoms with van der Waals surface area (Å²) < 4.78 is 5.76. The lowest BCUT2D eigenvalue weighted by molar-refractivity contribution is -0.116. The number of rotatable bonds is 7. The predicted molar refractivity (Wildman–Crippen MR) is 126 cm³/mol. The van der Waals surface area contributed by atoms with Gasteiger partial charge in [0.2, 0.25) is 5.91 Å². The van der Waals surface area contributed by atoms with Gasteiger partial charge in [0, 0.05) is 21.9 Å². The molecule has 4 nitrogen and oxygen atoms in total. The fourth-order valence-corrected chi connectivity index (χ4v) is 3.96. The van der Waals surface area contributed by atoms with Crippen molar-refractivity contribution in [1.29, 1.82) is 0 Å². The molecule has 0 spiro atoms. The number of hydrogen-bond acceptors (Lipinski definition) is 4. The van der Waals surface area contributed by atoms with Gasteiger partial charge in [0.05, 0.1) is 12.3 Å². The minimum absolute atomic E-state index is 0.0573. The Balaban J connectivity index is 1.46. The average molecular weight is 443 g/mol. The van der Waals surface area contributed by atoms with Crippen LogP contribution in [0.3, 0.4) is 0 Å². The number of hydrogen-bond donors (Lipinski definition) is 1. The SMILES string of the molecule is Cc1sc(NC(=O)CCCOc2ccc(C(C)(C)C)cc2)nc1-c1ccc(Cl)cc1. The van der Waals surface area contributed by atoms with Crippen LogP contribution in [0.1, 0.15) is 44.1 Å². The Labute approximate surface area is 187 Å². The first-order chi connectivity index (χ1) is 14.2. The molecule has 0 unspecified atom stereocenters. The standard InChI is InChI=1S/C24H27ClN2O2S/c1-16-22(17-7-11-19(25)12-8-17)27-23(30-16)26-21(28)6-5-15-29-20-13-9-18(10-14-20)24(2,3)4/h7-14H,5-6,15H2,1-4H3,(H,26,27,28). The van der Waals surface area contributed by atoms with Gasteiger partial charge in [-0.05, 0) is 48.6 Å². The van der Waals surface area contributed by atoms with Gasteiger partial charge in [-0.1, -0.05) is 56.6 Å². The molecule has 6 heteroatoms. The normalized spacial score (nSPS) is 11.4. The second-order valence-electron chi connectivity index (χ2n) is 8.21. The van der Waals surface area contributed by atoms with Crippen molar-refractivity contribution in [2.75, 3.05) is 11.9 Å². The fraction of sp³-hybridized carbons (Fsp3) is 0.333. The first-order valence-electron chi connectivity index (χ1n) is 9.99. The van der Waals surface area contributed by atoms with Crippen LogP contribution in [0, 0.1) is 6.92 Å². The van der Waals surface area contributed by atoms with E-state index in [1.165, 1.54) is 16.9 Å². The molecule has 0 aliphatic rings. The maximum absolute atomic E-state index is 12.3. The van der Waals surface area contributed by atoms with Gasteiger partial charge in [-0.3, -0.25) is 4.79 Å². The van der Waals surface area contributed by atoms with E-state index in [1.54, 1.807) is 0 Å². The number of ether oxygens (including phenoxy) is 1. The molecule has 1 N–H and O–H groups in total. The molecule has 0 fully saturated rings. The minimum atomic E-state index is -0.0573. The third-order valence-corrected chi connectivity index (χ3v) is 5.84. The highest BCUT2D eigenvalue weighted by Gasteiger charge is 2.14. The van der Waals surface area contributed by atoms with Crippen LogP contribution in [0.4, 0.5) is 5.13 Å². The summed E-state index contributed by atoms with van der Waals surface area (Å²) in [7, 11) is 0. The molecule has 1 aromatic heterocycles. The molecule has 2 aromatic carbocycles. The zero-order valence-corrected chi connectivity index (χ0v) is 19.4. The Morgan fingerprint density at radius 3 is 2.40 bits per heavy atom. The molecule has 0 atom stereocenters. The van der Waals surface area contributed by atoms with Crippen LogP contribution in [0.5, 0.6) is 5.75 Å². The van der Waals surface area contributed by atoms with Gasteiger partial charge in [0.1, 0.15) is 5.75 Å². The van der Waals surface area contributed by atoms with Crippen molar-refractivity contribution in [3.63, 3.8) is 0 Å². The second kappa shape index (κ2) is 9.63. The van der Waals surface area contributed by atoms with Crippen molar-refractivity contribution < 1.29 is 9.53 Å². The molecule has 0 bridgehead atoms. The van der Waals surface area contributed by atoms with Crippen LogP contribution in [0.2, 0.25) is 5.02 Å². The van der Waals surface area contributed by atoms with Gasteiger partial charge in [0.25, 0.3) is 0 Å². The largest absolute Gasteiger partial charge is 0.494 e. The zero-order valence-electron chi connectivity index (χ0n) is 17.8. The zero-order chi connectivity index (χ0) is 21.7. The van der Waals surface area contributed by atoms with Crippen LogP contribution in [0.15, 0.2) is 48.5 Å². The van der Waals surface area contributed by atoms with Crippen molar-refractivity contribution in [3.8, 4) is 17.0 Å². The van der Waals surface area contributed by atoms with Gasteiger partial charge in [0.15, 0.2) is 5.13 Å². The van der Waals surface area contributed by atoms with Crippen molar-refractivity contribution in [2.45, 2.75) is 46.0 Å². The number of carbonyl (C=O) groups is 1. The highest BCUT2D eigenvalue weighted by molar-refractivity contribution is 7.16. The van der Waals surface area contributed by atoms with E-state index in [2.05, 4.69) is 43.2 Å². The third-order valence-electron chi connectivity index (χ3n) is 4.70. The van der Waals surface area contributed by atoms with E-state index in [0.29, 0.717) is 29.6 Å². The van der Waals surface area contributed by atoms with Gasteiger partial charge >= 0.3 is 0 Å². The smallest absolute Gasteiger partial charge is 0.226 e. The van der Waals surface area contributed by atoms with E-state index in [0.717, 1.165) is 21.9 Å². The first-order valence-corrected chi connectivity index (χ1v) is 11.2. The van der Waals surface area contributed by atoms with Crippen molar-refractivity contribution in [3.05, 3.63) is 64.0 Å². The number of amides is 1. The van der Waals surface area contributed by atoms with Crippen LogP contribution >= 0.6 is 22.9 Å². The summed E-state index contributed by atoms with van der Waals surface area (Å²) in [5.74, 6) is 0.768. The fourth-order valence-electron chi connectivity index (χ4n) is 2.98. The molecule has 0 aliphatic carbocycles. The van der Waals surface area contributed by atoms with Crippen LogP contribution in [-0.2, 0) is 10.2 Å². The lowest BCUT2D eigenvalue weighted by Gasteiger charge is -2.19. The Morgan fingerprint density at radius 2 is 1.77 bits per heavy atom. The predicted octanol–water partition coefficient (Wildman–Crippen LogP) is 6.87. The quantitative estimate of drug-likeness (QED) is 0.406. The van der Waals surface area contributed by atoms with E-state index in [1.807, 2.05) is 43.3 Å². The molecule has 0 saturated heterocycles. The maximum atomic E-state index is 12.3. The Morgan fingerprint density at radius 1 is 1.10 bits per heavy atom. The average Bonchev–Trinajstić information content (AvgIpc) is 3.05. The Kier molecular flexibility index (Phi) is 7.16. The number of aryl methyl sites for hydroxylation is 1. The summed E-state index contributed by atoms with van der Waals surface area (Å²) in [6.07, 6.45) is 1.02. The van der Waals surface area contributed by atoms with E-state index in [-0.39, 0.29) is 11.3 Å². The Bertz CT molecular complexity index is 990. The Hall–Kier alpha value is -2.37. The summed E-state index contributed by atoms with van der Waals surface area (Å²) in [6, 6.07) is 15.7. The number of thiazole rings is 1. The second-order valence-corrected chi connectivity index (χ2v) is 9.84. The number of halogens is 1. The summed E-state index contributed by atoms with van der Waals surface area (Å²) >= 11 is 7.43. The van der Waals surface area contributed by atoms with Gasteiger partial charge in [-0.25, -0.2) is 4.98 Å². The van der Waals surface area contributed by atoms with Crippen molar-refractivity contribution in [1.82, 2.24) is 4.98 Å². The van der Waals surface area contributed by atoms with Gasteiger partial charge < -0.3 is 10.1 Å². The molecule has 3 aromatic rings. The van der Waals surface area contributed by atoms with E-state index >= 15 is 0 Å². The monoisotopic (exact) mass is 442 g/mol. The van der Waals surface area contributed by atoms with Gasteiger partial charge in [-0.2, -0.15) is 0 Å². The molecule has 0 saturated carbocycles. The molecule has 1 heterocycles. The highest BCUT2D eigenvalue weighted by Crippen LogP contribution is 2.31. The van der Waals surface area contributed by atoms with Crippen LogP contribution in [-0.4, -0.2) is 17.5 Å². The van der Waals surface area contributed by atoms with E-state index < -0.39 is 0 Å². The number of aromatic nitrogens is 1. The molecule has 0 radical (unpaired) electrons. The summed E-state index contributed by atoms with van der Waals surface area (Å²) in [5.41, 5.74) is 3.25. The van der Waals surface area contributed by atoms with E-state index in [4.69, 9.17) is 16.3 Å². The molecular weight excluding hydrogens is 416 g/mol.